The average Bonchev–Trinajstić information content (AvgIpc) is 2.43. The Morgan fingerprint density at radius 1 is 1.26 bits per heavy atom. The van der Waals surface area contributed by atoms with Crippen LogP contribution in [0.5, 0.6) is 5.75 Å². The van der Waals surface area contributed by atoms with Gasteiger partial charge in [0.05, 0.1) is 0 Å². The zero-order valence-corrected chi connectivity index (χ0v) is 12.1. The van der Waals surface area contributed by atoms with E-state index in [9.17, 15) is 0 Å². The molecule has 0 aliphatic heterocycles. The van der Waals surface area contributed by atoms with Crippen LogP contribution in [-0.4, -0.2) is 12.6 Å². The van der Waals surface area contributed by atoms with E-state index in [2.05, 4.69) is 38.2 Å². The summed E-state index contributed by atoms with van der Waals surface area (Å²) in [6.45, 7) is 6.72. The molecule has 0 aliphatic rings. The topological polar surface area (TPSA) is 45.0 Å². The van der Waals surface area contributed by atoms with Gasteiger partial charge in [-0.1, -0.05) is 31.9 Å². The molecule has 0 aliphatic carbocycles. The molecule has 3 heteroatoms. The molecule has 0 spiro atoms. The van der Waals surface area contributed by atoms with Gasteiger partial charge in [-0.15, -0.1) is 0 Å². The molecule has 2 atom stereocenters. The maximum absolute atomic E-state index is 8.46. The number of nitrogens with zero attached hydrogens (tertiary/aromatic N) is 1. The average molecular weight is 260 g/mol. The third-order valence-corrected chi connectivity index (χ3v) is 3.21. The fourth-order valence-corrected chi connectivity index (χ4v) is 2.08. The Hall–Kier alpha value is -1.53. The van der Waals surface area contributed by atoms with Gasteiger partial charge in [-0.05, 0) is 38.0 Å². The summed E-state index contributed by atoms with van der Waals surface area (Å²) in [4.78, 5) is 0. The molecular formula is C16H24N2O. The number of nitriles is 1. The Morgan fingerprint density at radius 2 is 1.95 bits per heavy atom. The molecule has 1 N–H and O–H groups in total. The first-order chi connectivity index (χ1) is 9.17. The van der Waals surface area contributed by atoms with Crippen molar-refractivity contribution in [2.45, 2.75) is 52.1 Å². The van der Waals surface area contributed by atoms with E-state index in [-0.39, 0.29) is 6.61 Å². The molecule has 0 aromatic heterocycles. The Morgan fingerprint density at radius 3 is 2.53 bits per heavy atom. The van der Waals surface area contributed by atoms with Crippen LogP contribution >= 0.6 is 0 Å². The summed E-state index contributed by atoms with van der Waals surface area (Å²) < 4.78 is 5.24. The highest BCUT2D eigenvalue weighted by Crippen LogP contribution is 2.18. The molecule has 0 amide bonds. The number of benzene rings is 1. The van der Waals surface area contributed by atoms with E-state index in [1.165, 1.54) is 24.8 Å². The Labute approximate surface area is 116 Å². The van der Waals surface area contributed by atoms with E-state index in [0.29, 0.717) is 12.1 Å². The zero-order chi connectivity index (χ0) is 14.1. The molecule has 2 unspecified atom stereocenters. The van der Waals surface area contributed by atoms with Crippen molar-refractivity contribution in [2.24, 2.45) is 0 Å². The predicted molar refractivity (Wildman–Crippen MR) is 78.1 cm³/mol. The van der Waals surface area contributed by atoms with Gasteiger partial charge in [-0.2, -0.15) is 5.26 Å². The highest BCUT2D eigenvalue weighted by molar-refractivity contribution is 5.29. The lowest BCUT2D eigenvalue weighted by molar-refractivity contribution is 0.367. The quantitative estimate of drug-likeness (QED) is 0.773. The predicted octanol–water partition coefficient (Wildman–Crippen LogP) is 3.82. The largest absolute Gasteiger partial charge is 0.479 e. The maximum atomic E-state index is 8.46. The first-order valence-electron chi connectivity index (χ1n) is 7.03. The van der Waals surface area contributed by atoms with Crippen molar-refractivity contribution < 1.29 is 4.74 Å². The third kappa shape index (κ3) is 5.76. The zero-order valence-electron chi connectivity index (χ0n) is 12.1. The molecule has 0 bridgehead atoms. The molecule has 0 saturated carbocycles. The minimum atomic E-state index is 0.0984. The van der Waals surface area contributed by atoms with E-state index >= 15 is 0 Å². The Kier molecular flexibility index (Phi) is 6.99. The number of rotatable bonds is 8. The van der Waals surface area contributed by atoms with Crippen molar-refractivity contribution in [2.75, 3.05) is 6.61 Å². The third-order valence-electron chi connectivity index (χ3n) is 3.21. The lowest BCUT2D eigenvalue weighted by Crippen LogP contribution is -2.28. The maximum Gasteiger partial charge on any atom is 0.174 e. The number of ether oxygens (including phenoxy) is 1. The van der Waals surface area contributed by atoms with Crippen molar-refractivity contribution in [3.8, 4) is 11.8 Å². The number of nitrogens with one attached hydrogen (secondary N) is 1. The van der Waals surface area contributed by atoms with Gasteiger partial charge in [0.2, 0.25) is 0 Å². The highest BCUT2D eigenvalue weighted by atomic mass is 16.5. The molecule has 1 aromatic rings. The van der Waals surface area contributed by atoms with E-state index in [1.54, 1.807) is 0 Å². The molecule has 1 rings (SSSR count). The second-order valence-corrected chi connectivity index (χ2v) is 4.95. The molecular weight excluding hydrogens is 236 g/mol. The van der Waals surface area contributed by atoms with E-state index in [0.717, 1.165) is 5.75 Å². The van der Waals surface area contributed by atoms with Crippen LogP contribution in [0.2, 0.25) is 0 Å². The molecule has 0 fully saturated rings. The van der Waals surface area contributed by atoms with Gasteiger partial charge in [0.25, 0.3) is 0 Å². The number of unbranched alkanes of at least 4 members (excludes halogenated alkanes) is 1. The van der Waals surface area contributed by atoms with Crippen LogP contribution in [0, 0.1) is 11.3 Å². The summed E-state index contributed by atoms with van der Waals surface area (Å²) in [6.07, 6.45) is 3.72. The van der Waals surface area contributed by atoms with Gasteiger partial charge in [-0.3, -0.25) is 0 Å². The summed E-state index contributed by atoms with van der Waals surface area (Å²) in [6, 6.07) is 10.8. The van der Waals surface area contributed by atoms with Crippen molar-refractivity contribution in [1.29, 1.82) is 5.26 Å². The molecule has 1 aromatic carbocycles. The van der Waals surface area contributed by atoms with E-state index in [4.69, 9.17) is 10.00 Å². The van der Waals surface area contributed by atoms with E-state index in [1.807, 2.05) is 18.2 Å². The van der Waals surface area contributed by atoms with Gasteiger partial charge in [-0.25, -0.2) is 0 Å². The lowest BCUT2D eigenvalue weighted by Gasteiger charge is -2.20. The summed E-state index contributed by atoms with van der Waals surface area (Å²) in [5.74, 6) is 0.747. The number of hydrogen-bond acceptors (Lipinski definition) is 3. The lowest BCUT2D eigenvalue weighted by atomic mass is 10.1. The van der Waals surface area contributed by atoms with Gasteiger partial charge >= 0.3 is 0 Å². The van der Waals surface area contributed by atoms with E-state index < -0.39 is 0 Å². The minimum Gasteiger partial charge on any atom is -0.479 e. The summed E-state index contributed by atoms with van der Waals surface area (Å²) in [7, 11) is 0. The van der Waals surface area contributed by atoms with Crippen LogP contribution < -0.4 is 10.1 Å². The highest BCUT2D eigenvalue weighted by Gasteiger charge is 2.09. The van der Waals surface area contributed by atoms with Crippen molar-refractivity contribution >= 4 is 0 Å². The number of hydrogen-bond donors (Lipinski definition) is 1. The Bertz CT molecular complexity index is 394. The van der Waals surface area contributed by atoms with Gasteiger partial charge in [0, 0.05) is 12.1 Å². The summed E-state index contributed by atoms with van der Waals surface area (Å²) in [5, 5.41) is 12.1. The first kappa shape index (κ1) is 15.5. The van der Waals surface area contributed by atoms with Crippen LogP contribution in [-0.2, 0) is 0 Å². The first-order valence-corrected chi connectivity index (χ1v) is 7.03. The standard InChI is InChI=1S/C16H24N2O/c1-4-5-6-13(2)18-14(3)15-7-9-16(10-8-15)19-12-11-17/h7-10,13-14,18H,4-6,12H2,1-3H3. The van der Waals surface area contributed by atoms with Crippen molar-refractivity contribution in [3.63, 3.8) is 0 Å². The van der Waals surface area contributed by atoms with Crippen LogP contribution in [0.3, 0.4) is 0 Å². The monoisotopic (exact) mass is 260 g/mol. The Balaban J connectivity index is 2.48. The fraction of sp³-hybridized carbons (Fsp3) is 0.562. The normalized spacial score (nSPS) is 13.6. The molecule has 19 heavy (non-hydrogen) atoms. The molecule has 0 radical (unpaired) electrons. The van der Waals surface area contributed by atoms with Gasteiger partial charge in [0.15, 0.2) is 6.61 Å². The molecule has 0 heterocycles. The molecule has 104 valence electrons. The minimum absolute atomic E-state index is 0.0984. The van der Waals surface area contributed by atoms with Crippen molar-refractivity contribution in [3.05, 3.63) is 29.8 Å². The summed E-state index contributed by atoms with van der Waals surface area (Å²) in [5.41, 5.74) is 1.24. The molecule has 0 saturated heterocycles. The van der Waals surface area contributed by atoms with Crippen LogP contribution in [0.15, 0.2) is 24.3 Å². The van der Waals surface area contributed by atoms with Crippen LogP contribution in [0.4, 0.5) is 0 Å². The second-order valence-electron chi connectivity index (χ2n) is 4.95. The second kappa shape index (κ2) is 8.55. The fourth-order valence-electron chi connectivity index (χ4n) is 2.08. The van der Waals surface area contributed by atoms with Gasteiger partial charge < -0.3 is 10.1 Å². The SMILES string of the molecule is CCCCC(C)NC(C)c1ccc(OCC#N)cc1. The van der Waals surface area contributed by atoms with Crippen LogP contribution in [0.25, 0.3) is 0 Å². The molecule has 3 nitrogen and oxygen atoms in total. The van der Waals surface area contributed by atoms with Gasteiger partial charge in [0.1, 0.15) is 11.8 Å². The van der Waals surface area contributed by atoms with Crippen molar-refractivity contribution in [1.82, 2.24) is 5.32 Å². The van der Waals surface area contributed by atoms with Crippen LogP contribution in [0.1, 0.15) is 51.6 Å². The smallest absolute Gasteiger partial charge is 0.174 e. The summed E-state index contributed by atoms with van der Waals surface area (Å²) >= 11 is 0.